The van der Waals surface area contributed by atoms with E-state index in [0.29, 0.717) is 17.2 Å². The number of rotatable bonds is 7. The Bertz CT molecular complexity index is 1320. The molecule has 1 N–H and O–H groups in total. The lowest BCUT2D eigenvalue weighted by molar-refractivity contribution is -0.139. The van der Waals surface area contributed by atoms with Crippen LogP contribution in [0.15, 0.2) is 53.4 Å². The van der Waals surface area contributed by atoms with Crippen LogP contribution in [0.25, 0.3) is 5.76 Å². The lowest BCUT2D eigenvalue weighted by Crippen LogP contribution is -2.31. The molecule has 1 atom stereocenters. The number of amides is 1. The third kappa shape index (κ3) is 4.76. The zero-order valence-corrected chi connectivity index (χ0v) is 21.6. The van der Waals surface area contributed by atoms with Gasteiger partial charge in [-0.2, -0.15) is 0 Å². The number of carbonyl (C=O) groups is 2. The maximum atomic E-state index is 13.3. The summed E-state index contributed by atoms with van der Waals surface area (Å²) in [6, 6.07) is 11.5. The van der Waals surface area contributed by atoms with E-state index in [4.69, 9.17) is 32.7 Å². The third-order valence-corrected chi connectivity index (χ3v) is 7.59. The van der Waals surface area contributed by atoms with Crippen molar-refractivity contribution < 1.29 is 24.2 Å². The number of methoxy groups -OCH3 is 2. The molecule has 1 aliphatic rings. The molecule has 1 aliphatic heterocycles. The molecular weight excluding hydrogens is 509 g/mol. The van der Waals surface area contributed by atoms with Crippen LogP contribution < -0.4 is 9.47 Å². The van der Waals surface area contributed by atoms with Crippen LogP contribution in [0, 0.1) is 6.92 Å². The number of hydrogen-bond donors (Lipinski definition) is 1. The fraction of sp³-hybridized carbons (Fsp3) is 0.231. The molecule has 2 heterocycles. The highest BCUT2D eigenvalue weighted by Gasteiger charge is 2.47. The number of Topliss-reactive ketones (excluding diaryl/α,β-unsaturated/α-hetero) is 1. The van der Waals surface area contributed by atoms with E-state index in [1.807, 2.05) is 30.5 Å². The van der Waals surface area contributed by atoms with Gasteiger partial charge in [0.1, 0.15) is 17.3 Å². The number of carbonyl (C=O) groups excluding carboxylic acids is 2. The van der Waals surface area contributed by atoms with Gasteiger partial charge in [0, 0.05) is 22.5 Å². The number of likely N-dealkylation sites (tertiary alicyclic amines) is 1. The van der Waals surface area contributed by atoms with E-state index in [1.54, 1.807) is 12.1 Å². The zero-order valence-electron chi connectivity index (χ0n) is 19.3. The number of halogens is 2. The van der Waals surface area contributed by atoms with Gasteiger partial charge in [0.05, 0.1) is 36.4 Å². The van der Waals surface area contributed by atoms with E-state index in [1.165, 1.54) is 42.6 Å². The van der Waals surface area contributed by atoms with E-state index < -0.39 is 17.7 Å². The Morgan fingerprint density at radius 2 is 1.74 bits per heavy atom. The van der Waals surface area contributed by atoms with Gasteiger partial charge in [-0.1, -0.05) is 35.3 Å². The smallest absolute Gasteiger partial charge is 0.295 e. The van der Waals surface area contributed by atoms with Crippen LogP contribution in [-0.2, 0) is 16.0 Å². The predicted octanol–water partition coefficient (Wildman–Crippen LogP) is 6.04. The molecule has 9 heteroatoms. The molecule has 182 valence electrons. The standard InChI is InChI=1S/C26H23Cl2NO5S/c1-14-9-11-35-25(14)22-21(23(30)17-12-20(34-3)18(28)13-19(17)33-2)24(31)26(32)29(22)10-8-15-4-6-16(27)7-5-15/h4-7,9,11-13,22,30H,8,10H2,1-3H3/b23-21+. The van der Waals surface area contributed by atoms with Crippen molar-refractivity contribution in [1.82, 2.24) is 4.90 Å². The second-order valence-corrected chi connectivity index (χ2v) is 9.82. The van der Waals surface area contributed by atoms with E-state index in [0.717, 1.165) is 16.0 Å². The average molecular weight is 532 g/mol. The molecule has 3 aromatic rings. The van der Waals surface area contributed by atoms with Gasteiger partial charge in [-0.05, 0) is 54.1 Å². The Hall–Kier alpha value is -3.00. The second-order valence-electron chi connectivity index (χ2n) is 8.02. The minimum Gasteiger partial charge on any atom is -0.507 e. The van der Waals surface area contributed by atoms with Crippen molar-refractivity contribution in [3.8, 4) is 11.5 Å². The van der Waals surface area contributed by atoms with E-state index in [2.05, 4.69) is 0 Å². The highest BCUT2D eigenvalue weighted by atomic mass is 35.5. The highest BCUT2D eigenvalue weighted by molar-refractivity contribution is 7.10. The quantitative estimate of drug-likeness (QED) is 0.228. The van der Waals surface area contributed by atoms with Crippen molar-refractivity contribution in [2.75, 3.05) is 20.8 Å². The van der Waals surface area contributed by atoms with Crippen molar-refractivity contribution in [2.45, 2.75) is 19.4 Å². The summed E-state index contributed by atoms with van der Waals surface area (Å²) in [7, 11) is 2.88. The number of nitrogens with zero attached hydrogens (tertiary/aromatic N) is 1. The van der Waals surface area contributed by atoms with Crippen molar-refractivity contribution in [2.24, 2.45) is 0 Å². The topological polar surface area (TPSA) is 76.1 Å². The number of thiophene rings is 1. The third-order valence-electron chi connectivity index (χ3n) is 5.97. The summed E-state index contributed by atoms with van der Waals surface area (Å²) in [4.78, 5) is 28.8. The number of hydrogen-bond acceptors (Lipinski definition) is 6. The van der Waals surface area contributed by atoms with Gasteiger partial charge in [-0.15, -0.1) is 11.3 Å². The molecule has 6 nitrogen and oxygen atoms in total. The van der Waals surface area contributed by atoms with Crippen molar-refractivity contribution in [3.63, 3.8) is 0 Å². The van der Waals surface area contributed by atoms with Gasteiger partial charge in [0.15, 0.2) is 0 Å². The molecule has 1 amide bonds. The van der Waals surface area contributed by atoms with Gasteiger partial charge >= 0.3 is 0 Å². The van der Waals surface area contributed by atoms with Gasteiger partial charge in [0.25, 0.3) is 11.7 Å². The lowest BCUT2D eigenvalue weighted by Gasteiger charge is -2.25. The molecule has 4 rings (SSSR count). The molecule has 0 spiro atoms. The van der Waals surface area contributed by atoms with Gasteiger partial charge < -0.3 is 19.5 Å². The summed E-state index contributed by atoms with van der Waals surface area (Å²) >= 11 is 13.6. The van der Waals surface area contributed by atoms with Crippen LogP contribution in [0.2, 0.25) is 10.0 Å². The maximum absolute atomic E-state index is 13.3. The normalized spacial score (nSPS) is 17.2. The highest BCUT2D eigenvalue weighted by Crippen LogP contribution is 2.45. The van der Waals surface area contributed by atoms with Crippen LogP contribution in [0.3, 0.4) is 0 Å². The lowest BCUT2D eigenvalue weighted by atomic mass is 9.97. The first-order chi connectivity index (χ1) is 16.8. The number of aryl methyl sites for hydroxylation is 1. The van der Waals surface area contributed by atoms with Crippen LogP contribution in [0.5, 0.6) is 11.5 Å². The first kappa shape index (κ1) is 25.1. The molecule has 35 heavy (non-hydrogen) atoms. The Morgan fingerprint density at radius 3 is 2.34 bits per heavy atom. The Labute approximate surface area is 217 Å². The van der Waals surface area contributed by atoms with Crippen LogP contribution >= 0.6 is 34.5 Å². The van der Waals surface area contributed by atoms with E-state index in [9.17, 15) is 14.7 Å². The molecule has 0 aliphatic carbocycles. The number of ether oxygens (including phenoxy) is 2. The van der Waals surface area contributed by atoms with Crippen LogP contribution in [-0.4, -0.2) is 42.5 Å². The fourth-order valence-electron chi connectivity index (χ4n) is 4.14. The summed E-state index contributed by atoms with van der Waals surface area (Å²) in [5.74, 6) is -1.22. The molecule has 1 fully saturated rings. The molecule has 0 saturated carbocycles. The van der Waals surface area contributed by atoms with Gasteiger partial charge in [-0.25, -0.2) is 0 Å². The van der Waals surface area contributed by atoms with E-state index in [-0.39, 0.29) is 34.2 Å². The van der Waals surface area contributed by atoms with Gasteiger partial charge in [-0.3, -0.25) is 9.59 Å². The van der Waals surface area contributed by atoms with E-state index >= 15 is 0 Å². The monoisotopic (exact) mass is 531 g/mol. The molecule has 0 bridgehead atoms. The molecule has 1 unspecified atom stereocenters. The number of aliphatic hydroxyl groups is 1. The first-order valence-corrected chi connectivity index (χ1v) is 12.4. The number of ketones is 1. The summed E-state index contributed by atoms with van der Waals surface area (Å²) in [5.41, 5.74) is 2.11. The number of benzene rings is 2. The largest absolute Gasteiger partial charge is 0.507 e. The molecule has 1 aromatic heterocycles. The minimum atomic E-state index is -0.757. The second kappa shape index (κ2) is 10.3. The van der Waals surface area contributed by atoms with Crippen LogP contribution in [0.4, 0.5) is 0 Å². The maximum Gasteiger partial charge on any atom is 0.295 e. The zero-order chi connectivity index (χ0) is 25.3. The summed E-state index contributed by atoms with van der Waals surface area (Å²) in [6.45, 7) is 2.20. The summed E-state index contributed by atoms with van der Waals surface area (Å²) in [5, 5.41) is 14.2. The Kier molecular flexibility index (Phi) is 7.40. The van der Waals surface area contributed by atoms with Gasteiger partial charge in [0.2, 0.25) is 0 Å². The summed E-state index contributed by atoms with van der Waals surface area (Å²) < 4.78 is 10.7. The van der Waals surface area contributed by atoms with Crippen LogP contribution in [0.1, 0.15) is 27.6 Å². The SMILES string of the molecule is COc1cc(/C(O)=C2\C(=O)C(=O)N(CCc3ccc(Cl)cc3)C2c2sccc2C)c(OC)cc1Cl. The van der Waals surface area contributed by atoms with Crippen molar-refractivity contribution in [3.05, 3.63) is 85.0 Å². The Morgan fingerprint density at radius 1 is 1.06 bits per heavy atom. The Balaban J connectivity index is 1.83. The van der Waals surface area contributed by atoms with Crippen molar-refractivity contribution >= 4 is 52.0 Å². The molecule has 0 radical (unpaired) electrons. The first-order valence-electron chi connectivity index (χ1n) is 10.8. The predicted molar refractivity (Wildman–Crippen MR) is 138 cm³/mol. The molecular formula is C26H23Cl2NO5S. The minimum absolute atomic E-state index is 0.000619. The number of aliphatic hydroxyl groups excluding tert-OH is 1. The molecule has 2 aromatic carbocycles. The average Bonchev–Trinajstić information content (AvgIpc) is 3.38. The van der Waals surface area contributed by atoms with Crippen molar-refractivity contribution in [1.29, 1.82) is 0 Å². The molecule has 1 saturated heterocycles. The summed E-state index contributed by atoms with van der Waals surface area (Å²) in [6.07, 6.45) is 0.517. The fourth-order valence-corrected chi connectivity index (χ4v) is 5.54.